The van der Waals surface area contributed by atoms with Gasteiger partial charge in [-0.05, 0) is 66.1 Å². The van der Waals surface area contributed by atoms with E-state index >= 15 is 0 Å². The number of amides is 4. The molecule has 0 spiro atoms. The van der Waals surface area contributed by atoms with Crippen LogP contribution >= 0.6 is 0 Å². The molecule has 49 heavy (non-hydrogen) atoms. The van der Waals surface area contributed by atoms with Crippen LogP contribution in [0.2, 0.25) is 0 Å². The Balaban J connectivity index is 1.37. The predicted molar refractivity (Wildman–Crippen MR) is 182 cm³/mol. The molecule has 260 valence electrons. The Morgan fingerprint density at radius 2 is 1.43 bits per heavy atom. The van der Waals surface area contributed by atoms with E-state index in [0.717, 1.165) is 11.1 Å². The molecule has 5 unspecified atom stereocenters. The van der Waals surface area contributed by atoms with Gasteiger partial charge >= 0.3 is 0 Å². The molecule has 0 aliphatic carbocycles. The highest BCUT2D eigenvalue weighted by atomic mass is 16.5. The number of fused-ring (bicyclic) bond motifs is 22. The van der Waals surface area contributed by atoms with Crippen LogP contribution in [0.15, 0.2) is 78.9 Å². The van der Waals surface area contributed by atoms with Crippen LogP contribution in [0.5, 0.6) is 11.5 Å². The van der Waals surface area contributed by atoms with Gasteiger partial charge in [0, 0.05) is 13.0 Å². The summed E-state index contributed by atoms with van der Waals surface area (Å²) in [6.07, 6.45) is 0.0948. The van der Waals surface area contributed by atoms with Crippen LogP contribution in [-0.4, -0.2) is 72.8 Å². The molecule has 3 aromatic carbocycles. The zero-order valence-electron chi connectivity index (χ0n) is 27.8. The molecule has 0 saturated carbocycles. The van der Waals surface area contributed by atoms with Crippen LogP contribution in [0.4, 0.5) is 0 Å². The van der Waals surface area contributed by atoms with Gasteiger partial charge in [-0.1, -0.05) is 68.4 Å². The van der Waals surface area contributed by atoms with Crippen LogP contribution in [-0.2, 0) is 32.0 Å². The van der Waals surface area contributed by atoms with E-state index in [9.17, 15) is 24.3 Å². The SMILES string of the molecule is CC(C)C1NC(=O)CCCOc2ccc(cc2)CC(C(O)CNC2Cc3ccc(cc3)OCNC(=O)C(c3ccccc3)NC2=O)NC1=O. The summed E-state index contributed by atoms with van der Waals surface area (Å²) >= 11 is 0. The number of aliphatic hydroxyl groups is 1. The molecule has 0 saturated heterocycles. The van der Waals surface area contributed by atoms with Crippen molar-refractivity contribution in [1.29, 1.82) is 0 Å². The summed E-state index contributed by atoms with van der Waals surface area (Å²) in [5.41, 5.74) is 2.29. The van der Waals surface area contributed by atoms with Gasteiger partial charge in [-0.15, -0.1) is 0 Å². The fourth-order valence-electron chi connectivity index (χ4n) is 5.84. The van der Waals surface area contributed by atoms with Gasteiger partial charge in [-0.2, -0.15) is 0 Å². The van der Waals surface area contributed by atoms with Gasteiger partial charge in [0.15, 0.2) is 6.73 Å². The Kier molecular flexibility index (Phi) is 12.2. The molecule has 0 fully saturated rings. The third-order valence-electron chi connectivity index (χ3n) is 8.67. The van der Waals surface area contributed by atoms with Gasteiger partial charge in [-0.25, -0.2) is 0 Å². The van der Waals surface area contributed by atoms with Crippen molar-refractivity contribution >= 4 is 23.6 Å². The minimum Gasteiger partial charge on any atom is -0.494 e. The van der Waals surface area contributed by atoms with E-state index in [1.54, 1.807) is 36.4 Å². The second-order valence-electron chi connectivity index (χ2n) is 12.8. The number of ether oxygens (including phenoxy) is 2. The van der Waals surface area contributed by atoms with Gasteiger partial charge < -0.3 is 41.2 Å². The van der Waals surface area contributed by atoms with E-state index in [0.29, 0.717) is 30.1 Å². The van der Waals surface area contributed by atoms with Gasteiger partial charge in [0.05, 0.1) is 24.8 Å². The molecular formula is C37H45N5O7. The fourth-order valence-corrected chi connectivity index (χ4v) is 5.84. The predicted octanol–water partition coefficient (Wildman–Crippen LogP) is 1.91. The van der Waals surface area contributed by atoms with Crippen molar-refractivity contribution < 1.29 is 33.8 Å². The minimum atomic E-state index is -1.14. The Labute approximate surface area is 286 Å². The molecule has 6 N–H and O–H groups in total. The van der Waals surface area contributed by atoms with Crippen molar-refractivity contribution in [3.63, 3.8) is 0 Å². The summed E-state index contributed by atoms with van der Waals surface area (Å²) in [5, 5.41) is 26.2. The number of benzene rings is 3. The fraction of sp³-hybridized carbons (Fsp3) is 0.405. The first-order chi connectivity index (χ1) is 23.7. The number of aliphatic hydroxyl groups excluding tert-OH is 1. The molecule has 0 radical (unpaired) electrons. The van der Waals surface area contributed by atoms with Crippen molar-refractivity contribution in [2.24, 2.45) is 5.92 Å². The van der Waals surface area contributed by atoms with Crippen molar-refractivity contribution in [2.75, 3.05) is 19.9 Å². The second kappa shape index (κ2) is 16.9. The first kappa shape index (κ1) is 35.4. The second-order valence-corrected chi connectivity index (χ2v) is 12.8. The van der Waals surface area contributed by atoms with Crippen LogP contribution in [0.3, 0.4) is 0 Å². The van der Waals surface area contributed by atoms with Gasteiger partial charge in [0.2, 0.25) is 23.6 Å². The lowest BCUT2D eigenvalue weighted by Crippen LogP contribution is -2.57. The lowest BCUT2D eigenvalue weighted by molar-refractivity contribution is -0.131. The zero-order valence-corrected chi connectivity index (χ0v) is 27.8. The van der Waals surface area contributed by atoms with Gasteiger partial charge in [0.1, 0.15) is 23.6 Å². The highest BCUT2D eigenvalue weighted by molar-refractivity contribution is 5.91. The number of hydrogen-bond acceptors (Lipinski definition) is 8. The number of rotatable bonds is 6. The highest BCUT2D eigenvalue weighted by Crippen LogP contribution is 2.19. The Hall–Kier alpha value is -4.94. The molecule has 7 rings (SSSR count). The Morgan fingerprint density at radius 1 is 0.776 bits per heavy atom. The smallest absolute Gasteiger partial charge is 0.249 e. The summed E-state index contributed by atoms with van der Waals surface area (Å²) in [7, 11) is 0. The van der Waals surface area contributed by atoms with E-state index in [1.165, 1.54) is 0 Å². The van der Waals surface area contributed by atoms with Crippen molar-refractivity contribution in [3.05, 3.63) is 95.6 Å². The first-order valence-electron chi connectivity index (χ1n) is 16.7. The average Bonchev–Trinajstić information content (AvgIpc) is 3.10. The summed E-state index contributed by atoms with van der Waals surface area (Å²) in [4.78, 5) is 53.4. The number of nitrogens with one attached hydrogen (secondary N) is 5. The maximum Gasteiger partial charge on any atom is 0.249 e. The third-order valence-corrected chi connectivity index (χ3v) is 8.67. The van der Waals surface area contributed by atoms with Gasteiger partial charge in [0.25, 0.3) is 0 Å². The third kappa shape index (κ3) is 10.0. The maximum atomic E-state index is 13.9. The number of carbonyl (C=O) groups excluding carboxylic acids is 4. The molecular weight excluding hydrogens is 626 g/mol. The van der Waals surface area contributed by atoms with E-state index in [1.807, 2.05) is 56.3 Å². The van der Waals surface area contributed by atoms with E-state index in [2.05, 4.69) is 26.6 Å². The standard InChI is InChI=1S/C37H45N5O7/c1-23(2)33-37(47)40-29(19-24-10-14-27(15-11-24)48-18-6-9-32(44)41-33)31(43)21-38-30-20-25-12-16-28(17-13-25)49-22-39-36(46)34(42-35(30)45)26-7-4-3-5-8-26/h3-5,7-8,10-17,23,29-31,33-34,38,43H,6,9,18-22H2,1-2H3,(H,39,46)(H,40,47)(H,41,44)(H,42,45). The molecule has 4 bridgehead atoms. The van der Waals surface area contributed by atoms with Crippen LogP contribution in [0, 0.1) is 5.92 Å². The molecule has 4 aliphatic rings. The summed E-state index contributed by atoms with van der Waals surface area (Å²) < 4.78 is 11.5. The molecule has 4 heterocycles. The highest BCUT2D eigenvalue weighted by Gasteiger charge is 2.32. The quantitative estimate of drug-likeness (QED) is 0.231. The average molecular weight is 672 g/mol. The van der Waals surface area contributed by atoms with E-state index in [-0.39, 0.29) is 44.4 Å². The summed E-state index contributed by atoms with van der Waals surface area (Å²) in [5.74, 6) is -0.524. The summed E-state index contributed by atoms with van der Waals surface area (Å²) in [6, 6.07) is 20.1. The Bertz CT molecular complexity index is 1570. The summed E-state index contributed by atoms with van der Waals surface area (Å²) in [6.45, 7) is 3.92. The molecule has 4 amide bonds. The zero-order chi connectivity index (χ0) is 34.8. The van der Waals surface area contributed by atoms with E-state index in [4.69, 9.17) is 9.47 Å². The van der Waals surface area contributed by atoms with Crippen LogP contribution in [0.1, 0.15) is 49.4 Å². The largest absolute Gasteiger partial charge is 0.494 e. The molecule has 4 aliphatic heterocycles. The number of hydrogen-bond donors (Lipinski definition) is 6. The van der Waals surface area contributed by atoms with Gasteiger partial charge in [-0.3, -0.25) is 19.2 Å². The molecule has 12 nitrogen and oxygen atoms in total. The molecule has 12 heteroatoms. The Morgan fingerprint density at radius 3 is 2.10 bits per heavy atom. The van der Waals surface area contributed by atoms with Crippen LogP contribution < -0.4 is 36.1 Å². The topological polar surface area (TPSA) is 167 Å². The van der Waals surface area contributed by atoms with Crippen molar-refractivity contribution in [3.8, 4) is 11.5 Å². The van der Waals surface area contributed by atoms with Crippen molar-refractivity contribution in [1.82, 2.24) is 26.6 Å². The molecule has 3 aromatic rings. The normalized spacial score (nSPS) is 23.1. The van der Waals surface area contributed by atoms with Crippen LogP contribution in [0.25, 0.3) is 0 Å². The first-order valence-corrected chi connectivity index (χ1v) is 16.7. The minimum absolute atomic E-state index is 0.0632. The van der Waals surface area contributed by atoms with Crippen molar-refractivity contribution in [2.45, 2.75) is 69.8 Å². The molecule has 0 aromatic heterocycles. The maximum absolute atomic E-state index is 13.9. The van der Waals surface area contributed by atoms with E-state index < -0.39 is 48.0 Å². The lowest BCUT2D eigenvalue weighted by Gasteiger charge is -2.30. The monoisotopic (exact) mass is 671 g/mol. The lowest BCUT2D eigenvalue weighted by atomic mass is 9.97. The molecule has 5 atom stereocenters. The number of carbonyl (C=O) groups is 4.